The fourth-order valence-corrected chi connectivity index (χ4v) is 1.43. The SMILES string of the molecule is Nc1ccc(Oc2cccc(CO)c2)c(F)c1. The van der Waals surface area contributed by atoms with Crippen LogP contribution in [-0.4, -0.2) is 5.11 Å². The van der Waals surface area contributed by atoms with E-state index < -0.39 is 5.82 Å². The Bertz CT molecular complexity index is 529. The van der Waals surface area contributed by atoms with E-state index in [-0.39, 0.29) is 12.4 Å². The monoisotopic (exact) mass is 233 g/mol. The summed E-state index contributed by atoms with van der Waals surface area (Å²) in [7, 11) is 0. The van der Waals surface area contributed by atoms with Crippen LogP contribution in [0.3, 0.4) is 0 Å². The highest BCUT2D eigenvalue weighted by atomic mass is 19.1. The summed E-state index contributed by atoms with van der Waals surface area (Å²) >= 11 is 0. The van der Waals surface area contributed by atoms with Crippen LogP contribution >= 0.6 is 0 Å². The van der Waals surface area contributed by atoms with Gasteiger partial charge in [-0.05, 0) is 29.8 Å². The molecule has 0 bridgehead atoms. The van der Waals surface area contributed by atoms with Gasteiger partial charge in [-0.3, -0.25) is 0 Å². The lowest BCUT2D eigenvalue weighted by molar-refractivity contribution is 0.281. The first kappa shape index (κ1) is 11.4. The van der Waals surface area contributed by atoms with Gasteiger partial charge in [0.25, 0.3) is 0 Å². The molecular weight excluding hydrogens is 221 g/mol. The summed E-state index contributed by atoms with van der Waals surface area (Å²) in [6.07, 6.45) is 0. The second-order valence-electron chi connectivity index (χ2n) is 3.60. The van der Waals surface area contributed by atoms with Crippen LogP contribution in [0.15, 0.2) is 42.5 Å². The van der Waals surface area contributed by atoms with Crippen LogP contribution in [0.5, 0.6) is 11.5 Å². The van der Waals surface area contributed by atoms with Crippen molar-refractivity contribution in [2.24, 2.45) is 0 Å². The Labute approximate surface area is 98.3 Å². The third-order valence-corrected chi connectivity index (χ3v) is 2.26. The zero-order valence-corrected chi connectivity index (χ0v) is 9.06. The van der Waals surface area contributed by atoms with Crippen molar-refractivity contribution < 1.29 is 14.2 Å². The topological polar surface area (TPSA) is 55.5 Å². The van der Waals surface area contributed by atoms with Gasteiger partial charge < -0.3 is 15.6 Å². The molecule has 0 unspecified atom stereocenters. The van der Waals surface area contributed by atoms with E-state index in [2.05, 4.69) is 0 Å². The van der Waals surface area contributed by atoms with Crippen LogP contribution in [0, 0.1) is 5.82 Å². The molecule has 0 aliphatic heterocycles. The molecular formula is C13H12FNO2. The zero-order chi connectivity index (χ0) is 12.3. The molecule has 0 aliphatic carbocycles. The number of nitrogen functional groups attached to an aromatic ring is 1. The zero-order valence-electron chi connectivity index (χ0n) is 9.06. The number of nitrogens with two attached hydrogens (primary N) is 1. The van der Waals surface area contributed by atoms with Gasteiger partial charge in [0.05, 0.1) is 6.61 Å². The van der Waals surface area contributed by atoms with E-state index in [9.17, 15) is 4.39 Å². The summed E-state index contributed by atoms with van der Waals surface area (Å²) in [5, 5.41) is 8.97. The van der Waals surface area contributed by atoms with Crippen molar-refractivity contribution in [3.8, 4) is 11.5 Å². The van der Waals surface area contributed by atoms with Gasteiger partial charge >= 0.3 is 0 Å². The van der Waals surface area contributed by atoms with Crippen molar-refractivity contribution in [2.75, 3.05) is 5.73 Å². The highest BCUT2D eigenvalue weighted by Gasteiger charge is 2.05. The fraction of sp³-hybridized carbons (Fsp3) is 0.0769. The maximum Gasteiger partial charge on any atom is 0.167 e. The summed E-state index contributed by atoms with van der Waals surface area (Å²) in [6.45, 7) is -0.0819. The van der Waals surface area contributed by atoms with Crippen LogP contribution < -0.4 is 10.5 Å². The molecule has 0 saturated heterocycles. The summed E-state index contributed by atoms with van der Waals surface area (Å²) in [6, 6.07) is 11.1. The summed E-state index contributed by atoms with van der Waals surface area (Å²) in [5.74, 6) is 0.0638. The van der Waals surface area contributed by atoms with Crippen LogP contribution in [0.1, 0.15) is 5.56 Å². The van der Waals surface area contributed by atoms with E-state index in [1.165, 1.54) is 12.1 Å². The molecule has 3 N–H and O–H groups in total. The van der Waals surface area contributed by atoms with E-state index in [0.29, 0.717) is 17.0 Å². The van der Waals surface area contributed by atoms with Crippen LogP contribution in [0.25, 0.3) is 0 Å². The Kier molecular flexibility index (Phi) is 3.25. The first-order valence-corrected chi connectivity index (χ1v) is 5.12. The van der Waals surface area contributed by atoms with Gasteiger partial charge in [-0.25, -0.2) is 4.39 Å². The number of anilines is 1. The maximum absolute atomic E-state index is 13.5. The highest BCUT2D eigenvalue weighted by Crippen LogP contribution is 2.26. The van der Waals surface area contributed by atoms with Gasteiger partial charge in [0.2, 0.25) is 0 Å². The van der Waals surface area contributed by atoms with Crippen molar-refractivity contribution >= 4 is 5.69 Å². The molecule has 0 heterocycles. The fourth-order valence-electron chi connectivity index (χ4n) is 1.43. The lowest BCUT2D eigenvalue weighted by Crippen LogP contribution is -1.92. The normalized spacial score (nSPS) is 10.2. The number of hydrogen-bond acceptors (Lipinski definition) is 3. The summed E-state index contributed by atoms with van der Waals surface area (Å²) < 4.78 is 18.8. The van der Waals surface area contributed by atoms with Crippen molar-refractivity contribution in [1.82, 2.24) is 0 Å². The van der Waals surface area contributed by atoms with Gasteiger partial charge in [-0.1, -0.05) is 12.1 Å². The van der Waals surface area contributed by atoms with Crippen LogP contribution in [0.4, 0.5) is 10.1 Å². The number of aliphatic hydroxyl groups excluding tert-OH is 1. The molecule has 3 nitrogen and oxygen atoms in total. The minimum absolute atomic E-state index is 0.0819. The number of halogens is 1. The van der Waals surface area contributed by atoms with Crippen molar-refractivity contribution in [3.05, 3.63) is 53.8 Å². The number of ether oxygens (including phenoxy) is 1. The molecule has 2 aromatic carbocycles. The Morgan fingerprint density at radius 3 is 2.71 bits per heavy atom. The molecule has 0 atom stereocenters. The molecule has 0 radical (unpaired) electrons. The van der Waals surface area contributed by atoms with E-state index in [1.54, 1.807) is 30.3 Å². The molecule has 0 spiro atoms. The third kappa shape index (κ3) is 2.73. The molecule has 2 rings (SSSR count). The number of rotatable bonds is 3. The summed E-state index contributed by atoms with van der Waals surface area (Å²) in [5.41, 5.74) is 6.49. The first-order chi connectivity index (χ1) is 8.19. The molecule has 88 valence electrons. The lowest BCUT2D eigenvalue weighted by Gasteiger charge is -2.08. The number of benzene rings is 2. The second-order valence-corrected chi connectivity index (χ2v) is 3.60. The quantitative estimate of drug-likeness (QED) is 0.801. The average molecular weight is 233 g/mol. The minimum atomic E-state index is -0.514. The predicted molar refractivity (Wildman–Crippen MR) is 63.3 cm³/mol. The Morgan fingerprint density at radius 1 is 1.18 bits per heavy atom. The molecule has 0 aromatic heterocycles. The molecule has 17 heavy (non-hydrogen) atoms. The molecule has 0 saturated carbocycles. The third-order valence-electron chi connectivity index (χ3n) is 2.26. The van der Waals surface area contributed by atoms with E-state index >= 15 is 0 Å². The largest absolute Gasteiger partial charge is 0.454 e. The van der Waals surface area contributed by atoms with Gasteiger partial charge in [-0.2, -0.15) is 0 Å². The Balaban J connectivity index is 2.25. The van der Waals surface area contributed by atoms with Gasteiger partial charge in [0.1, 0.15) is 5.75 Å². The van der Waals surface area contributed by atoms with Gasteiger partial charge in [0, 0.05) is 11.8 Å². The summed E-state index contributed by atoms with van der Waals surface area (Å²) in [4.78, 5) is 0. The maximum atomic E-state index is 13.5. The van der Waals surface area contributed by atoms with Gasteiger partial charge in [-0.15, -0.1) is 0 Å². The number of hydrogen-bond donors (Lipinski definition) is 2. The molecule has 4 heteroatoms. The minimum Gasteiger partial charge on any atom is -0.454 e. The molecule has 0 aliphatic rings. The Hall–Kier alpha value is -2.07. The van der Waals surface area contributed by atoms with Crippen LogP contribution in [-0.2, 0) is 6.61 Å². The van der Waals surface area contributed by atoms with E-state index in [4.69, 9.17) is 15.6 Å². The molecule has 0 amide bonds. The Morgan fingerprint density at radius 2 is 2.00 bits per heavy atom. The highest BCUT2D eigenvalue weighted by molar-refractivity contribution is 5.44. The smallest absolute Gasteiger partial charge is 0.167 e. The van der Waals surface area contributed by atoms with Crippen molar-refractivity contribution in [3.63, 3.8) is 0 Å². The van der Waals surface area contributed by atoms with Crippen LogP contribution in [0.2, 0.25) is 0 Å². The average Bonchev–Trinajstić information content (AvgIpc) is 2.33. The standard InChI is InChI=1S/C13H12FNO2/c14-12-7-10(15)4-5-13(12)17-11-3-1-2-9(6-11)8-16/h1-7,16H,8,15H2. The lowest BCUT2D eigenvalue weighted by atomic mass is 10.2. The number of aliphatic hydroxyl groups is 1. The first-order valence-electron chi connectivity index (χ1n) is 5.12. The van der Waals surface area contributed by atoms with Crippen molar-refractivity contribution in [2.45, 2.75) is 6.61 Å². The van der Waals surface area contributed by atoms with E-state index in [0.717, 1.165) is 0 Å². The molecule has 2 aromatic rings. The van der Waals surface area contributed by atoms with Gasteiger partial charge in [0.15, 0.2) is 11.6 Å². The predicted octanol–water partition coefficient (Wildman–Crippen LogP) is 2.69. The molecule has 0 fully saturated rings. The second kappa shape index (κ2) is 4.84. The van der Waals surface area contributed by atoms with Crippen molar-refractivity contribution in [1.29, 1.82) is 0 Å². The van der Waals surface area contributed by atoms with E-state index in [1.807, 2.05) is 0 Å².